The highest BCUT2D eigenvalue weighted by Gasteiger charge is 2.05. The number of fused-ring (bicyclic) bond motifs is 3. The fourth-order valence-corrected chi connectivity index (χ4v) is 2.53. The average molecular weight is 307 g/mol. The summed E-state index contributed by atoms with van der Waals surface area (Å²) in [4.78, 5) is 3.47. The molecule has 0 radical (unpaired) electrons. The van der Waals surface area contributed by atoms with E-state index < -0.39 is 0 Å². The van der Waals surface area contributed by atoms with Gasteiger partial charge in [0.05, 0.1) is 0 Å². The molecule has 3 aromatic rings. The van der Waals surface area contributed by atoms with E-state index in [9.17, 15) is 0 Å². The van der Waals surface area contributed by atoms with Crippen LogP contribution >= 0.6 is 22.6 Å². The zero-order valence-electron chi connectivity index (χ0n) is 8.34. The Morgan fingerprint density at radius 2 is 1.93 bits per heavy atom. The fourth-order valence-electron chi connectivity index (χ4n) is 2.04. The minimum Gasteiger partial charge on any atom is -0.354 e. The van der Waals surface area contributed by atoms with Gasteiger partial charge in [-0.15, -0.1) is 0 Å². The van der Waals surface area contributed by atoms with Crippen LogP contribution < -0.4 is 0 Å². The number of benzene rings is 2. The highest BCUT2D eigenvalue weighted by atomic mass is 127. The van der Waals surface area contributed by atoms with Crippen LogP contribution in [0.25, 0.3) is 21.8 Å². The van der Waals surface area contributed by atoms with Crippen LogP contribution in [-0.2, 0) is 0 Å². The maximum Gasteiger partial charge on any atom is 0.0494 e. The summed E-state index contributed by atoms with van der Waals surface area (Å²) in [7, 11) is 0. The number of H-pyrrole nitrogens is 1. The first-order chi connectivity index (χ1) is 7.25. The van der Waals surface area contributed by atoms with Crippen LogP contribution in [-0.4, -0.2) is 4.98 Å². The average Bonchev–Trinajstić information content (AvgIpc) is 2.58. The summed E-state index contributed by atoms with van der Waals surface area (Å²) >= 11 is 2.35. The van der Waals surface area contributed by atoms with Gasteiger partial charge < -0.3 is 4.98 Å². The molecule has 2 aromatic carbocycles. The maximum absolute atomic E-state index is 3.47. The van der Waals surface area contributed by atoms with Gasteiger partial charge in [0.2, 0.25) is 0 Å². The van der Waals surface area contributed by atoms with Crippen molar-refractivity contribution in [2.45, 2.75) is 6.92 Å². The van der Waals surface area contributed by atoms with E-state index in [1.165, 1.54) is 30.9 Å². The molecule has 0 saturated heterocycles. The number of nitrogens with one attached hydrogen (secondary N) is 1. The summed E-state index contributed by atoms with van der Waals surface area (Å²) in [6.07, 6.45) is 0. The van der Waals surface area contributed by atoms with Gasteiger partial charge in [0, 0.05) is 25.4 Å². The van der Waals surface area contributed by atoms with Crippen molar-refractivity contribution in [1.29, 1.82) is 0 Å². The van der Waals surface area contributed by atoms with Crippen LogP contribution in [0, 0.1) is 10.5 Å². The minimum atomic E-state index is 1.22. The smallest absolute Gasteiger partial charge is 0.0494 e. The number of hydrogen-bond donors (Lipinski definition) is 1. The molecule has 0 aliphatic carbocycles. The second kappa shape index (κ2) is 3.23. The number of hydrogen-bond acceptors (Lipinski definition) is 0. The predicted octanol–water partition coefficient (Wildman–Crippen LogP) is 4.23. The Hall–Kier alpha value is -1.03. The number of aryl methyl sites for hydroxylation is 1. The number of aromatic nitrogens is 1. The first-order valence-corrected chi connectivity index (χ1v) is 6.00. The summed E-state index contributed by atoms with van der Waals surface area (Å²) in [5, 5.41) is 2.64. The standard InChI is InChI=1S/C13H10IN/c1-8-3-2-4-10-11-7-9(14)5-6-12(11)15-13(8)10/h2-7,15H,1H3. The van der Waals surface area contributed by atoms with Crippen LogP contribution in [0.1, 0.15) is 5.56 Å². The molecule has 0 aliphatic rings. The number of para-hydroxylation sites is 1. The van der Waals surface area contributed by atoms with Crippen molar-refractivity contribution in [2.24, 2.45) is 0 Å². The van der Waals surface area contributed by atoms with E-state index >= 15 is 0 Å². The predicted molar refractivity (Wildman–Crippen MR) is 73.3 cm³/mol. The van der Waals surface area contributed by atoms with Crippen LogP contribution in [0.3, 0.4) is 0 Å². The summed E-state index contributed by atoms with van der Waals surface area (Å²) in [6.45, 7) is 2.14. The first kappa shape index (κ1) is 9.21. The lowest BCUT2D eigenvalue weighted by atomic mass is 10.1. The van der Waals surface area contributed by atoms with Gasteiger partial charge in [-0.3, -0.25) is 0 Å². The topological polar surface area (TPSA) is 15.8 Å². The molecule has 3 rings (SSSR count). The Morgan fingerprint density at radius 3 is 2.80 bits per heavy atom. The molecule has 1 heterocycles. The Labute approximate surface area is 102 Å². The van der Waals surface area contributed by atoms with Crippen molar-refractivity contribution in [3.63, 3.8) is 0 Å². The SMILES string of the molecule is Cc1cccc2c1[nH]c1ccc(I)cc12. The molecule has 15 heavy (non-hydrogen) atoms. The first-order valence-electron chi connectivity index (χ1n) is 4.92. The van der Waals surface area contributed by atoms with Crippen molar-refractivity contribution >= 4 is 44.4 Å². The van der Waals surface area contributed by atoms with Gasteiger partial charge >= 0.3 is 0 Å². The molecule has 0 fully saturated rings. The van der Waals surface area contributed by atoms with Crippen molar-refractivity contribution in [2.75, 3.05) is 0 Å². The highest BCUT2D eigenvalue weighted by Crippen LogP contribution is 2.28. The maximum atomic E-state index is 3.47. The minimum absolute atomic E-state index is 1.22. The Bertz CT molecular complexity index is 652. The highest BCUT2D eigenvalue weighted by molar-refractivity contribution is 14.1. The molecule has 74 valence electrons. The zero-order chi connectivity index (χ0) is 10.4. The number of rotatable bonds is 0. The van der Waals surface area contributed by atoms with E-state index in [4.69, 9.17) is 0 Å². The normalized spacial score (nSPS) is 11.3. The lowest BCUT2D eigenvalue weighted by molar-refractivity contribution is 1.45. The van der Waals surface area contributed by atoms with Gasteiger partial charge in [0.25, 0.3) is 0 Å². The molecule has 0 bridgehead atoms. The molecule has 0 saturated carbocycles. The third kappa shape index (κ3) is 1.35. The van der Waals surface area contributed by atoms with E-state index in [-0.39, 0.29) is 0 Å². The van der Waals surface area contributed by atoms with Gasteiger partial charge in [-0.05, 0) is 53.3 Å². The van der Waals surface area contributed by atoms with Crippen LogP contribution in [0.4, 0.5) is 0 Å². The largest absolute Gasteiger partial charge is 0.354 e. The van der Waals surface area contributed by atoms with Gasteiger partial charge in [-0.1, -0.05) is 18.2 Å². The molecular weight excluding hydrogens is 297 g/mol. The third-order valence-corrected chi connectivity index (χ3v) is 3.48. The Morgan fingerprint density at radius 1 is 1.07 bits per heavy atom. The molecular formula is C13H10IN. The third-order valence-electron chi connectivity index (χ3n) is 2.80. The second-order valence-electron chi connectivity index (χ2n) is 3.81. The van der Waals surface area contributed by atoms with Crippen molar-refractivity contribution in [3.8, 4) is 0 Å². The van der Waals surface area contributed by atoms with E-state index in [0.717, 1.165) is 0 Å². The number of aromatic amines is 1. The second-order valence-corrected chi connectivity index (χ2v) is 5.06. The quantitative estimate of drug-likeness (QED) is 0.598. The van der Waals surface area contributed by atoms with Crippen molar-refractivity contribution in [1.82, 2.24) is 4.98 Å². The zero-order valence-corrected chi connectivity index (χ0v) is 10.5. The molecule has 1 nitrogen and oxygen atoms in total. The molecule has 0 atom stereocenters. The van der Waals surface area contributed by atoms with E-state index in [0.29, 0.717) is 0 Å². The molecule has 1 N–H and O–H groups in total. The molecule has 0 unspecified atom stereocenters. The van der Waals surface area contributed by atoms with Crippen LogP contribution in [0.2, 0.25) is 0 Å². The van der Waals surface area contributed by atoms with E-state index in [1.54, 1.807) is 0 Å². The molecule has 1 aromatic heterocycles. The van der Waals surface area contributed by atoms with Gasteiger partial charge in [0.1, 0.15) is 0 Å². The van der Waals surface area contributed by atoms with E-state index in [1.807, 2.05) is 0 Å². The Balaban J connectivity index is 2.58. The van der Waals surface area contributed by atoms with Crippen molar-refractivity contribution < 1.29 is 0 Å². The molecule has 0 amide bonds. The lowest BCUT2D eigenvalue weighted by Crippen LogP contribution is -1.73. The lowest BCUT2D eigenvalue weighted by Gasteiger charge is -1.94. The van der Waals surface area contributed by atoms with Gasteiger partial charge in [-0.25, -0.2) is 0 Å². The van der Waals surface area contributed by atoms with Gasteiger partial charge in [0.15, 0.2) is 0 Å². The fraction of sp³-hybridized carbons (Fsp3) is 0.0769. The van der Waals surface area contributed by atoms with E-state index in [2.05, 4.69) is 70.9 Å². The molecule has 0 aliphatic heterocycles. The summed E-state index contributed by atoms with van der Waals surface area (Å²) in [6, 6.07) is 12.9. The van der Waals surface area contributed by atoms with Crippen LogP contribution in [0.5, 0.6) is 0 Å². The number of halogens is 1. The van der Waals surface area contributed by atoms with Crippen LogP contribution in [0.15, 0.2) is 36.4 Å². The molecule has 0 spiro atoms. The monoisotopic (exact) mass is 307 g/mol. The summed E-state index contributed by atoms with van der Waals surface area (Å²) in [5.74, 6) is 0. The summed E-state index contributed by atoms with van der Waals surface area (Å²) < 4.78 is 1.28. The molecule has 2 heteroatoms. The Kier molecular flexibility index (Phi) is 1.99. The summed E-state index contributed by atoms with van der Waals surface area (Å²) in [5.41, 5.74) is 3.79. The van der Waals surface area contributed by atoms with Gasteiger partial charge in [-0.2, -0.15) is 0 Å². The van der Waals surface area contributed by atoms with Crippen molar-refractivity contribution in [3.05, 3.63) is 45.5 Å².